The largest absolute Gasteiger partial charge is 0.480 e. The first-order valence-corrected chi connectivity index (χ1v) is 5.39. The summed E-state index contributed by atoms with van der Waals surface area (Å²) in [5.74, 6) is -1.42. The third kappa shape index (κ3) is 6.36. The van der Waals surface area contributed by atoms with Crippen molar-refractivity contribution in [1.29, 1.82) is 0 Å². The van der Waals surface area contributed by atoms with Crippen LogP contribution >= 0.6 is 0 Å². The number of carboxylic acids is 1. The first kappa shape index (κ1) is 14.9. The number of carboxylic acid groups (broad SMARTS) is 1. The molecule has 94 valence electrons. The van der Waals surface area contributed by atoms with Crippen LogP contribution in [-0.2, 0) is 14.3 Å². The first-order chi connectivity index (χ1) is 7.49. The zero-order valence-electron chi connectivity index (χ0n) is 9.52. The second-order valence-corrected chi connectivity index (χ2v) is 3.62. The van der Waals surface area contributed by atoms with E-state index in [4.69, 9.17) is 21.3 Å². The summed E-state index contributed by atoms with van der Waals surface area (Å²) in [5.41, 5.74) is 10.7. The van der Waals surface area contributed by atoms with Crippen LogP contribution in [0.3, 0.4) is 0 Å². The molecule has 0 bridgehead atoms. The summed E-state index contributed by atoms with van der Waals surface area (Å²) in [6.45, 7) is 2.07. The number of aliphatic carboxylic acids is 1. The molecule has 16 heavy (non-hydrogen) atoms. The predicted octanol–water partition coefficient (Wildman–Crippen LogP) is -0.151. The standard InChI is InChI=1S/C10H20N2O4/c1-2-7(11)10(15)16-6-4-3-5-8(12)9(13)14/h7-8H,2-6,11-12H2,1H3,(H,13,14)/t7?,8-/m0/s1. The molecule has 0 aliphatic carbocycles. The van der Waals surface area contributed by atoms with Crippen LogP contribution in [0, 0.1) is 0 Å². The Balaban J connectivity index is 3.47. The van der Waals surface area contributed by atoms with E-state index in [9.17, 15) is 9.59 Å². The molecule has 0 aliphatic rings. The molecule has 0 aromatic heterocycles. The maximum absolute atomic E-state index is 11.1. The summed E-state index contributed by atoms with van der Waals surface area (Å²) < 4.78 is 4.88. The van der Waals surface area contributed by atoms with Crippen molar-refractivity contribution < 1.29 is 19.4 Å². The smallest absolute Gasteiger partial charge is 0.322 e. The monoisotopic (exact) mass is 232 g/mol. The van der Waals surface area contributed by atoms with Gasteiger partial charge in [-0.25, -0.2) is 0 Å². The van der Waals surface area contributed by atoms with Gasteiger partial charge >= 0.3 is 11.9 Å². The lowest BCUT2D eigenvalue weighted by Crippen LogP contribution is -2.32. The molecule has 0 spiro atoms. The van der Waals surface area contributed by atoms with Gasteiger partial charge in [-0.1, -0.05) is 6.92 Å². The van der Waals surface area contributed by atoms with E-state index in [1.807, 2.05) is 0 Å². The Bertz CT molecular complexity index is 233. The third-order valence-corrected chi connectivity index (χ3v) is 2.21. The number of rotatable bonds is 8. The van der Waals surface area contributed by atoms with Crippen molar-refractivity contribution in [2.75, 3.05) is 6.61 Å². The van der Waals surface area contributed by atoms with Crippen molar-refractivity contribution in [3.05, 3.63) is 0 Å². The van der Waals surface area contributed by atoms with E-state index >= 15 is 0 Å². The Kier molecular flexibility index (Phi) is 7.49. The molecule has 0 heterocycles. The molecule has 0 rings (SSSR count). The molecule has 1 unspecified atom stereocenters. The van der Waals surface area contributed by atoms with Crippen LogP contribution < -0.4 is 11.5 Å². The number of unbranched alkanes of at least 4 members (excludes halogenated alkanes) is 1. The quantitative estimate of drug-likeness (QED) is 0.396. The summed E-state index contributed by atoms with van der Waals surface area (Å²) in [5, 5.41) is 8.50. The van der Waals surface area contributed by atoms with E-state index in [1.165, 1.54) is 0 Å². The van der Waals surface area contributed by atoms with Gasteiger partial charge in [-0.2, -0.15) is 0 Å². The van der Waals surface area contributed by atoms with Crippen molar-refractivity contribution in [1.82, 2.24) is 0 Å². The van der Waals surface area contributed by atoms with Crippen LogP contribution in [-0.4, -0.2) is 35.7 Å². The number of hydrogen-bond acceptors (Lipinski definition) is 5. The van der Waals surface area contributed by atoms with Gasteiger partial charge in [0.05, 0.1) is 6.61 Å². The van der Waals surface area contributed by atoms with Gasteiger partial charge in [0, 0.05) is 0 Å². The maximum Gasteiger partial charge on any atom is 0.322 e. The van der Waals surface area contributed by atoms with Crippen LogP contribution in [0.2, 0.25) is 0 Å². The van der Waals surface area contributed by atoms with Crippen molar-refractivity contribution in [3.63, 3.8) is 0 Å². The summed E-state index contributed by atoms with van der Waals surface area (Å²) in [6, 6.07) is -1.41. The van der Waals surface area contributed by atoms with Crippen LogP contribution in [0.25, 0.3) is 0 Å². The molecular weight excluding hydrogens is 212 g/mol. The van der Waals surface area contributed by atoms with E-state index in [-0.39, 0.29) is 6.61 Å². The fourth-order valence-electron chi connectivity index (χ4n) is 1.04. The van der Waals surface area contributed by atoms with Crippen molar-refractivity contribution in [2.24, 2.45) is 11.5 Å². The number of carbonyl (C=O) groups is 2. The molecule has 0 radical (unpaired) electrons. The molecule has 5 N–H and O–H groups in total. The minimum Gasteiger partial charge on any atom is -0.480 e. The van der Waals surface area contributed by atoms with Crippen LogP contribution in [0.5, 0.6) is 0 Å². The van der Waals surface area contributed by atoms with E-state index in [0.29, 0.717) is 25.7 Å². The summed E-state index contributed by atoms with van der Waals surface area (Å²) >= 11 is 0. The zero-order chi connectivity index (χ0) is 12.6. The van der Waals surface area contributed by atoms with Crippen molar-refractivity contribution in [3.8, 4) is 0 Å². The number of carbonyl (C=O) groups excluding carboxylic acids is 1. The molecule has 6 heteroatoms. The van der Waals surface area contributed by atoms with Gasteiger partial charge in [0.1, 0.15) is 12.1 Å². The molecule has 0 saturated carbocycles. The highest BCUT2D eigenvalue weighted by Gasteiger charge is 2.13. The van der Waals surface area contributed by atoms with Crippen molar-refractivity contribution >= 4 is 11.9 Å². The summed E-state index contributed by atoms with van der Waals surface area (Å²) in [4.78, 5) is 21.5. The van der Waals surface area contributed by atoms with Gasteiger partial charge in [-0.3, -0.25) is 9.59 Å². The molecule has 0 amide bonds. The summed E-state index contributed by atoms with van der Waals surface area (Å²) in [7, 11) is 0. The van der Waals surface area contributed by atoms with E-state index < -0.39 is 24.0 Å². The Morgan fingerprint density at radius 1 is 1.25 bits per heavy atom. The third-order valence-electron chi connectivity index (χ3n) is 2.21. The minimum absolute atomic E-state index is 0.263. The van der Waals surface area contributed by atoms with E-state index in [2.05, 4.69) is 0 Å². The van der Waals surface area contributed by atoms with Crippen LogP contribution in [0.15, 0.2) is 0 Å². The summed E-state index contributed by atoms with van der Waals surface area (Å²) in [6.07, 6.45) is 2.14. The second kappa shape index (κ2) is 8.06. The average Bonchev–Trinajstić information content (AvgIpc) is 2.26. The normalized spacial score (nSPS) is 14.2. The highest BCUT2D eigenvalue weighted by atomic mass is 16.5. The van der Waals surface area contributed by atoms with Gasteiger partial charge in [-0.05, 0) is 25.7 Å². The van der Waals surface area contributed by atoms with Gasteiger partial charge in [0.2, 0.25) is 0 Å². The van der Waals surface area contributed by atoms with Crippen LogP contribution in [0.4, 0.5) is 0 Å². The Morgan fingerprint density at radius 2 is 1.88 bits per heavy atom. The van der Waals surface area contributed by atoms with Gasteiger partial charge in [-0.15, -0.1) is 0 Å². The maximum atomic E-state index is 11.1. The Hall–Kier alpha value is -1.14. The van der Waals surface area contributed by atoms with E-state index in [1.54, 1.807) is 6.92 Å². The average molecular weight is 232 g/mol. The Morgan fingerprint density at radius 3 is 2.38 bits per heavy atom. The SMILES string of the molecule is CCC(N)C(=O)OCCCC[C@H](N)C(=O)O. The topological polar surface area (TPSA) is 116 Å². The fourth-order valence-corrected chi connectivity index (χ4v) is 1.04. The van der Waals surface area contributed by atoms with E-state index in [0.717, 1.165) is 0 Å². The second-order valence-electron chi connectivity index (χ2n) is 3.62. The molecular formula is C10H20N2O4. The lowest BCUT2D eigenvalue weighted by atomic mass is 10.1. The Labute approximate surface area is 94.9 Å². The molecule has 0 aromatic carbocycles. The highest BCUT2D eigenvalue weighted by molar-refractivity contribution is 5.75. The molecule has 0 fully saturated rings. The first-order valence-electron chi connectivity index (χ1n) is 5.39. The lowest BCUT2D eigenvalue weighted by Gasteiger charge is -2.09. The molecule has 0 saturated heterocycles. The number of hydrogen-bond donors (Lipinski definition) is 3. The zero-order valence-corrected chi connectivity index (χ0v) is 9.52. The fraction of sp³-hybridized carbons (Fsp3) is 0.800. The van der Waals surface area contributed by atoms with Gasteiger partial charge in [0.15, 0.2) is 0 Å². The van der Waals surface area contributed by atoms with Gasteiger partial charge in [0.25, 0.3) is 0 Å². The van der Waals surface area contributed by atoms with Crippen LogP contribution in [0.1, 0.15) is 32.6 Å². The number of nitrogens with two attached hydrogens (primary N) is 2. The molecule has 6 nitrogen and oxygen atoms in total. The molecule has 2 atom stereocenters. The predicted molar refractivity (Wildman–Crippen MR) is 58.7 cm³/mol. The van der Waals surface area contributed by atoms with Crippen molar-refractivity contribution in [2.45, 2.75) is 44.7 Å². The van der Waals surface area contributed by atoms with Gasteiger partial charge < -0.3 is 21.3 Å². The lowest BCUT2D eigenvalue weighted by molar-refractivity contribution is -0.145. The highest BCUT2D eigenvalue weighted by Crippen LogP contribution is 2.00. The molecule has 0 aliphatic heterocycles. The molecule has 0 aromatic rings. The number of ether oxygens (including phenoxy) is 1. The minimum atomic E-state index is -1.01. The number of esters is 1.